The average molecular weight is 364 g/mol. The minimum atomic E-state index is -0.171. The largest absolute Gasteiger partial charge is 0.376 e. The zero-order valence-electron chi connectivity index (χ0n) is 16.4. The molecule has 1 heterocycles. The number of nitrogens with zero attached hydrogens (tertiary/aromatic N) is 2. The molecule has 1 aliphatic heterocycles. The minimum Gasteiger partial charge on any atom is -0.376 e. The minimum absolute atomic E-state index is 0.171. The van der Waals surface area contributed by atoms with Gasteiger partial charge in [-0.1, -0.05) is 12.1 Å². The van der Waals surface area contributed by atoms with E-state index in [9.17, 15) is 4.79 Å². The fourth-order valence-electron chi connectivity index (χ4n) is 3.22. The van der Waals surface area contributed by atoms with Crippen LogP contribution in [0.3, 0.4) is 0 Å². The maximum atomic E-state index is 12.0. The molecule has 5 nitrogen and oxygen atoms in total. The normalized spacial score (nSPS) is 14.0. The number of benzene rings is 2. The van der Waals surface area contributed by atoms with Gasteiger partial charge in [-0.05, 0) is 80.1 Å². The number of rotatable bonds is 6. The van der Waals surface area contributed by atoms with E-state index in [1.54, 1.807) is 6.21 Å². The van der Waals surface area contributed by atoms with Crippen molar-refractivity contribution in [3.63, 3.8) is 0 Å². The van der Waals surface area contributed by atoms with Gasteiger partial charge in [0.1, 0.15) is 0 Å². The quantitative estimate of drug-likeness (QED) is 0.606. The standard InChI is InChI=1S/C22H28N4O/c1-16-6-8-20(12-17(16)2)23-15-22(27)25-24-14-19-7-9-21(13-18(19)3)26-10-4-5-11-26/h6-9,12-14,23H,4-5,10-11,15H2,1-3H3,(H,25,27)/b24-14-. The second-order valence-corrected chi connectivity index (χ2v) is 7.18. The second-order valence-electron chi connectivity index (χ2n) is 7.18. The molecule has 1 saturated heterocycles. The van der Waals surface area contributed by atoms with Gasteiger partial charge < -0.3 is 10.2 Å². The van der Waals surface area contributed by atoms with Crippen molar-refractivity contribution in [2.45, 2.75) is 33.6 Å². The first-order valence-electron chi connectivity index (χ1n) is 9.51. The highest BCUT2D eigenvalue weighted by molar-refractivity contribution is 5.85. The van der Waals surface area contributed by atoms with Crippen molar-refractivity contribution in [1.82, 2.24) is 5.43 Å². The first-order chi connectivity index (χ1) is 13.0. The molecular formula is C22H28N4O. The number of hydrogen-bond donors (Lipinski definition) is 2. The first kappa shape index (κ1) is 19.0. The van der Waals surface area contributed by atoms with E-state index in [0.717, 1.165) is 29.9 Å². The van der Waals surface area contributed by atoms with Crippen LogP contribution < -0.4 is 15.6 Å². The van der Waals surface area contributed by atoms with Crippen molar-refractivity contribution in [3.8, 4) is 0 Å². The van der Waals surface area contributed by atoms with Crippen LogP contribution in [0.4, 0.5) is 11.4 Å². The van der Waals surface area contributed by atoms with E-state index in [4.69, 9.17) is 0 Å². The van der Waals surface area contributed by atoms with Crippen LogP contribution in [0, 0.1) is 20.8 Å². The zero-order chi connectivity index (χ0) is 19.2. The van der Waals surface area contributed by atoms with E-state index in [1.165, 1.54) is 29.7 Å². The SMILES string of the molecule is Cc1ccc(NCC(=O)N/N=C\c2ccc(N3CCCC3)cc2C)cc1C. The van der Waals surface area contributed by atoms with Gasteiger partial charge in [-0.3, -0.25) is 4.79 Å². The van der Waals surface area contributed by atoms with E-state index < -0.39 is 0 Å². The summed E-state index contributed by atoms with van der Waals surface area (Å²) in [6.45, 7) is 8.66. The lowest BCUT2D eigenvalue weighted by Crippen LogP contribution is -2.26. The Hall–Kier alpha value is -2.82. The van der Waals surface area contributed by atoms with Gasteiger partial charge in [-0.15, -0.1) is 0 Å². The summed E-state index contributed by atoms with van der Waals surface area (Å²) in [6, 6.07) is 12.4. The molecule has 0 aromatic heterocycles. The molecular weight excluding hydrogens is 336 g/mol. The molecule has 2 N–H and O–H groups in total. The zero-order valence-corrected chi connectivity index (χ0v) is 16.4. The summed E-state index contributed by atoms with van der Waals surface area (Å²) in [7, 11) is 0. The van der Waals surface area contributed by atoms with E-state index in [1.807, 2.05) is 18.2 Å². The Morgan fingerprint density at radius 2 is 1.81 bits per heavy atom. The molecule has 2 aromatic rings. The van der Waals surface area contributed by atoms with Gasteiger partial charge in [0, 0.05) is 24.5 Å². The van der Waals surface area contributed by atoms with Crippen LogP contribution in [0.2, 0.25) is 0 Å². The van der Waals surface area contributed by atoms with Crippen LogP contribution in [0.15, 0.2) is 41.5 Å². The van der Waals surface area contributed by atoms with Gasteiger partial charge in [0.05, 0.1) is 12.8 Å². The van der Waals surface area contributed by atoms with Crippen molar-refractivity contribution in [2.75, 3.05) is 29.9 Å². The Kier molecular flexibility index (Phi) is 6.12. The Morgan fingerprint density at radius 3 is 2.52 bits per heavy atom. The second kappa shape index (κ2) is 8.71. The summed E-state index contributed by atoms with van der Waals surface area (Å²) in [6.07, 6.45) is 4.24. The van der Waals surface area contributed by atoms with Gasteiger partial charge in [0.25, 0.3) is 5.91 Å². The van der Waals surface area contributed by atoms with Gasteiger partial charge in [-0.25, -0.2) is 5.43 Å². The summed E-state index contributed by atoms with van der Waals surface area (Å²) in [5, 5.41) is 7.22. The predicted octanol–water partition coefficient (Wildman–Crippen LogP) is 3.77. The highest BCUT2D eigenvalue weighted by Crippen LogP contribution is 2.22. The molecule has 0 aliphatic carbocycles. The van der Waals surface area contributed by atoms with Crippen molar-refractivity contribution in [2.24, 2.45) is 5.10 Å². The third kappa shape index (κ3) is 5.09. The number of anilines is 2. The van der Waals surface area contributed by atoms with E-state index in [0.29, 0.717) is 0 Å². The maximum absolute atomic E-state index is 12.0. The number of carbonyl (C=O) groups excluding carboxylic acids is 1. The van der Waals surface area contributed by atoms with Crippen molar-refractivity contribution >= 4 is 23.5 Å². The molecule has 5 heteroatoms. The number of amides is 1. The molecule has 2 aromatic carbocycles. The maximum Gasteiger partial charge on any atom is 0.259 e. The van der Waals surface area contributed by atoms with Gasteiger partial charge in [0.2, 0.25) is 0 Å². The molecule has 0 atom stereocenters. The molecule has 0 radical (unpaired) electrons. The Morgan fingerprint density at radius 1 is 1.04 bits per heavy atom. The molecule has 0 unspecified atom stereocenters. The average Bonchev–Trinajstić information content (AvgIpc) is 3.19. The van der Waals surface area contributed by atoms with Crippen molar-refractivity contribution in [3.05, 3.63) is 58.7 Å². The number of nitrogens with one attached hydrogen (secondary N) is 2. The van der Waals surface area contributed by atoms with Crippen LogP contribution >= 0.6 is 0 Å². The van der Waals surface area contributed by atoms with Gasteiger partial charge in [-0.2, -0.15) is 5.10 Å². The summed E-state index contributed by atoms with van der Waals surface area (Å²) >= 11 is 0. The summed E-state index contributed by atoms with van der Waals surface area (Å²) in [4.78, 5) is 14.4. The number of carbonyl (C=O) groups is 1. The molecule has 0 spiro atoms. The molecule has 3 rings (SSSR count). The summed E-state index contributed by atoms with van der Waals surface area (Å²) in [5.41, 5.74) is 9.39. The van der Waals surface area contributed by atoms with Crippen molar-refractivity contribution in [1.29, 1.82) is 0 Å². The topological polar surface area (TPSA) is 56.7 Å². The van der Waals surface area contributed by atoms with Gasteiger partial charge >= 0.3 is 0 Å². The molecule has 1 fully saturated rings. The first-order valence-corrected chi connectivity index (χ1v) is 9.51. The fourth-order valence-corrected chi connectivity index (χ4v) is 3.22. The Bertz CT molecular complexity index is 838. The van der Waals surface area contributed by atoms with Crippen molar-refractivity contribution < 1.29 is 4.79 Å². The molecule has 142 valence electrons. The molecule has 0 saturated carbocycles. The molecule has 0 bridgehead atoms. The van der Waals surface area contributed by atoms with Gasteiger partial charge in [0.15, 0.2) is 0 Å². The third-order valence-electron chi connectivity index (χ3n) is 5.08. The molecule has 27 heavy (non-hydrogen) atoms. The number of hydrogen-bond acceptors (Lipinski definition) is 4. The Balaban J connectivity index is 1.50. The fraction of sp³-hybridized carbons (Fsp3) is 0.364. The summed E-state index contributed by atoms with van der Waals surface area (Å²) in [5.74, 6) is -0.171. The molecule has 1 amide bonds. The van der Waals surface area contributed by atoms with Crippen LogP contribution in [0.1, 0.15) is 35.1 Å². The molecule has 1 aliphatic rings. The van der Waals surface area contributed by atoms with Crippen LogP contribution in [0.25, 0.3) is 0 Å². The summed E-state index contributed by atoms with van der Waals surface area (Å²) < 4.78 is 0. The van der Waals surface area contributed by atoms with Crippen LogP contribution in [0.5, 0.6) is 0 Å². The lowest BCUT2D eigenvalue weighted by Gasteiger charge is -2.18. The highest BCUT2D eigenvalue weighted by atomic mass is 16.2. The monoisotopic (exact) mass is 364 g/mol. The van der Waals surface area contributed by atoms with Crippen LogP contribution in [-0.2, 0) is 4.79 Å². The van der Waals surface area contributed by atoms with E-state index in [2.05, 4.69) is 59.7 Å². The number of aryl methyl sites for hydroxylation is 3. The number of hydrazone groups is 1. The van der Waals surface area contributed by atoms with E-state index >= 15 is 0 Å². The third-order valence-corrected chi connectivity index (χ3v) is 5.08. The van der Waals surface area contributed by atoms with E-state index in [-0.39, 0.29) is 12.5 Å². The predicted molar refractivity (Wildman–Crippen MR) is 113 cm³/mol. The smallest absolute Gasteiger partial charge is 0.259 e. The lowest BCUT2D eigenvalue weighted by molar-refractivity contribution is -0.119. The van der Waals surface area contributed by atoms with Crippen LogP contribution in [-0.4, -0.2) is 31.8 Å². The lowest BCUT2D eigenvalue weighted by atomic mass is 10.1. The Labute approximate surface area is 161 Å². The highest BCUT2D eigenvalue weighted by Gasteiger charge is 2.12.